The molecule has 0 saturated heterocycles. The van der Waals surface area contributed by atoms with E-state index in [9.17, 15) is 14.4 Å². The Kier molecular flexibility index (Phi) is 44.9. The zero-order valence-corrected chi connectivity index (χ0v) is 38.3. The van der Waals surface area contributed by atoms with Crippen LogP contribution in [0.25, 0.3) is 0 Å². The van der Waals surface area contributed by atoms with E-state index < -0.39 is 6.10 Å². The van der Waals surface area contributed by atoms with Crippen molar-refractivity contribution in [1.82, 2.24) is 0 Å². The van der Waals surface area contributed by atoms with Gasteiger partial charge in [0.1, 0.15) is 13.2 Å². The number of ether oxygens (including phenoxy) is 3. The van der Waals surface area contributed by atoms with Gasteiger partial charge in [-0.05, 0) is 77.0 Å². The molecular formula is C52H92O6. The molecular weight excluding hydrogens is 721 g/mol. The Morgan fingerprint density at radius 3 is 1.10 bits per heavy atom. The van der Waals surface area contributed by atoms with Crippen LogP contribution in [0.5, 0.6) is 0 Å². The lowest BCUT2D eigenvalue weighted by Crippen LogP contribution is -2.30. The van der Waals surface area contributed by atoms with Gasteiger partial charge in [0, 0.05) is 19.3 Å². The van der Waals surface area contributed by atoms with Gasteiger partial charge in [-0.15, -0.1) is 0 Å². The molecule has 6 heteroatoms. The molecule has 1 atom stereocenters. The molecule has 0 saturated carbocycles. The van der Waals surface area contributed by atoms with Gasteiger partial charge in [-0.2, -0.15) is 0 Å². The molecule has 0 aliphatic heterocycles. The topological polar surface area (TPSA) is 78.9 Å². The number of carbonyl (C=O) groups excluding carboxylic acids is 3. The average Bonchev–Trinajstić information content (AvgIpc) is 3.22. The Labute approximate surface area is 358 Å². The number of carbonyl (C=O) groups is 3. The molecule has 0 N–H and O–H groups in total. The number of allylic oxidation sites excluding steroid dienone is 8. The van der Waals surface area contributed by atoms with Crippen LogP contribution >= 0.6 is 0 Å². The second-order valence-electron chi connectivity index (χ2n) is 16.3. The second-order valence-corrected chi connectivity index (χ2v) is 16.3. The van der Waals surface area contributed by atoms with Crippen molar-refractivity contribution in [2.75, 3.05) is 13.2 Å². The van der Waals surface area contributed by atoms with E-state index in [1.54, 1.807) is 0 Å². The van der Waals surface area contributed by atoms with E-state index in [4.69, 9.17) is 14.2 Å². The molecule has 0 aromatic carbocycles. The van der Waals surface area contributed by atoms with E-state index in [1.165, 1.54) is 122 Å². The van der Waals surface area contributed by atoms with Gasteiger partial charge >= 0.3 is 17.9 Å². The SMILES string of the molecule is CC/C=C\C/C=C\CCCCC(=O)OCC(COC(=O)CCCCCCCCC/C=C\C/C=C\CCCCC)OC(=O)CCCCCCCCCCCCCCCC. The summed E-state index contributed by atoms with van der Waals surface area (Å²) in [5.41, 5.74) is 0. The second kappa shape index (κ2) is 47.1. The molecule has 0 heterocycles. The predicted octanol–water partition coefficient (Wildman–Crippen LogP) is 15.9. The fourth-order valence-corrected chi connectivity index (χ4v) is 6.86. The predicted molar refractivity (Wildman–Crippen MR) is 247 cm³/mol. The van der Waals surface area contributed by atoms with E-state index >= 15 is 0 Å². The third-order valence-electron chi connectivity index (χ3n) is 10.6. The first-order chi connectivity index (χ1) is 28.5. The largest absolute Gasteiger partial charge is 0.462 e. The summed E-state index contributed by atoms with van der Waals surface area (Å²) in [5.74, 6) is -0.926. The summed E-state index contributed by atoms with van der Waals surface area (Å²) in [6, 6.07) is 0. The Morgan fingerprint density at radius 2 is 0.672 bits per heavy atom. The van der Waals surface area contributed by atoms with Crippen LogP contribution < -0.4 is 0 Å². The number of rotatable bonds is 44. The molecule has 0 radical (unpaired) electrons. The van der Waals surface area contributed by atoms with Crippen molar-refractivity contribution in [3.8, 4) is 0 Å². The number of esters is 3. The number of hydrogen-bond donors (Lipinski definition) is 0. The minimum atomic E-state index is -0.784. The summed E-state index contributed by atoms with van der Waals surface area (Å²) < 4.78 is 16.7. The van der Waals surface area contributed by atoms with Gasteiger partial charge in [0.25, 0.3) is 0 Å². The molecule has 0 aliphatic carbocycles. The van der Waals surface area contributed by atoms with E-state index in [1.807, 2.05) is 0 Å². The highest BCUT2D eigenvalue weighted by atomic mass is 16.6. The maximum atomic E-state index is 12.7. The van der Waals surface area contributed by atoms with Gasteiger partial charge in [0.05, 0.1) is 0 Å². The molecule has 336 valence electrons. The lowest BCUT2D eigenvalue weighted by molar-refractivity contribution is -0.167. The zero-order chi connectivity index (χ0) is 42.3. The quantitative estimate of drug-likeness (QED) is 0.0264. The van der Waals surface area contributed by atoms with E-state index in [-0.39, 0.29) is 31.1 Å². The minimum absolute atomic E-state index is 0.0858. The molecule has 0 aromatic rings. The first-order valence-electron chi connectivity index (χ1n) is 24.6. The molecule has 58 heavy (non-hydrogen) atoms. The van der Waals surface area contributed by atoms with Crippen LogP contribution in [0.15, 0.2) is 48.6 Å². The van der Waals surface area contributed by atoms with Crippen LogP contribution in [-0.4, -0.2) is 37.2 Å². The Bertz CT molecular complexity index is 1030. The van der Waals surface area contributed by atoms with E-state index in [0.29, 0.717) is 19.3 Å². The minimum Gasteiger partial charge on any atom is -0.462 e. The first-order valence-corrected chi connectivity index (χ1v) is 24.6. The van der Waals surface area contributed by atoms with Gasteiger partial charge in [-0.3, -0.25) is 14.4 Å². The van der Waals surface area contributed by atoms with Crippen LogP contribution in [0.2, 0.25) is 0 Å². The van der Waals surface area contributed by atoms with Gasteiger partial charge in [0.2, 0.25) is 0 Å². The summed E-state index contributed by atoms with van der Waals surface area (Å²) in [7, 11) is 0. The number of unbranched alkanes of at least 4 members (excludes halogenated alkanes) is 25. The van der Waals surface area contributed by atoms with Crippen LogP contribution in [0.4, 0.5) is 0 Å². The van der Waals surface area contributed by atoms with E-state index in [0.717, 1.165) is 83.5 Å². The Morgan fingerprint density at radius 1 is 0.362 bits per heavy atom. The lowest BCUT2D eigenvalue weighted by Gasteiger charge is -2.18. The third kappa shape index (κ3) is 44.5. The Balaban J connectivity index is 4.34. The van der Waals surface area contributed by atoms with Gasteiger partial charge in [0.15, 0.2) is 6.10 Å². The summed E-state index contributed by atoms with van der Waals surface area (Å²) in [6.07, 6.45) is 55.3. The van der Waals surface area contributed by atoms with Gasteiger partial charge in [-0.1, -0.05) is 198 Å². The molecule has 1 unspecified atom stereocenters. The van der Waals surface area contributed by atoms with Crippen LogP contribution in [0, 0.1) is 0 Å². The van der Waals surface area contributed by atoms with Crippen LogP contribution in [-0.2, 0) is 28.6 Å². The van der Waals surface area contributed by atoms with Crippen molar-refractivity contribution < 1.29 is 28.6 Å². The van der Waals surface area contributed by atoms with Gasteiger partial charge < -0.3 is 14.2 Å². The highest BCUT2D eigenvalue weighted by Gasteiger charge is 2.19. The molecule has 6 nitrogen and oxygen atoms in total. The maximum Gasteiger partial charge on any atom is 0.306 e. The summed E-state index contributed by atoms with van der Waals surface area (Å²) >= 11 is 0. The lowest BCUT2D eigenvalue weighted by atomic mass is 10.0. The van der Waals surface area contributed by atoms with E-state index in [2.05, 4.69) is 69.4 Å². The van der Waals surface area contributed by atoms with Gasteiger partial charge in [-0.25, -0.2) is 0 Å². The summed E-state index contributed by atoms with van der Waals surface area (Å²) in [4.78, 5) is 37.8. The van der Waals surface area contributed by atoms with Crippen molar-refractivity contribution in [2.24, 2.45) is 0 Å². The summed E-state index contributed by atoms with van der Waals surface area (Å²) in [5, 5.41) is 0. The molecule has 0 fully saturated rings. The molecule has 0 bridgehead atoms. The van der Waals surface area contributed by atoms with Crippen molar-refractivity contribution in [2.45, 2.75) is 252 Å². The van der Waals surface area contributed by atoms with Crippen LogP contribution in [0.1, 0.15) is 245 Å². The zero-order valence-electron chi connectivity index (χ0n) is 38.3. The Hall–Kier alpha value is -2.63. The van der Waals surface area contributed by atoms with Crippen molar-refractivity contribution in [3.63, 3.8) is 0 Å². The smallest absolute Gasteiger partial charge is 0.306 e. The monoisotopic (exact) mass is 813 g/mol. The number of hydrogen-bond acceptors (Lipinski definition) is 6. The fraction of sp³-hybridized carbons (Fsp3) is 0.788. The average molecular weight is 813 g/mol. The van der Waals surface area contributed by atoms with Crippen molar-refractivity contribution >= 4 is 17.9 Å². The van der Waals surface area contributed by atoms with Crippen molar-refractivity contribution in [1.29, 1.82) is 0 Å². The van der Waals surface area contributed by atoms with Crippen LogP contribution in [0.3, 0.4) is 0 Å². The highest BCUT2D eigenvalue weighted by molar-refractivity contribution is 5.71. The molecule has 0 amide bonds. The molecule has 0 aliphatic rings. The first kappa shape index (κ1) is 55.4. The molecule has 0 rings (SSSR count). The standard InChI is InChI=1S/C52H92O6/c1-4-7-10-13-16-19-21-23-25-26-27-29-30-33-36-39-42-45-51(54)57-48-49(47-56-50(53)44-41-38-35-32-18-15-12-9-6-3)58-52(55)46-43-40-37-34-31-28-24-22-20-17-14-11-8-5-2/h9,12,16,18-19,23,25,32,49H,4-8,10-11,13-15,17,20-22,24,26-31,33-48H2,1-3H3/b12-9-,19-16-,25-23-,32-18-. The highest BCUT2D eigenvalue weighted by Crippen LogP contribution is 2.15. The summed E-state index contributed by atoms with van der Waals surface area (Å²) in [6.45, 7) is 6.46. The van der Waals surface area contributed by atoms with Crippen molar-refractivity contribution in [3.05, 3.63) is 48.6 Å². The fourth-order valence-electron chi connectivity index (χ4n) is 6.86. The molecule has 0 spiro atoms. The third-order valence-corrected chi connectivity index (χ3v) is 10.6. The maximum absolute atomic E-state index is 12.7. The molecule has 0 aromatic heterocycles. The normalized spacial score (nSPS) is 12.4.